The molecule has 5 heteroatoms. The molecule has 5 nitrogen and oxygen atoms in total. The molecular formula is C17H32O5. The van der Waals surface area contributed by atoms with Crippen molar-refractivity contribution in [1.82, 2.24) is 0 Å². The molecule has 0 radical (unpaired) electrons. The molecule has 0 saturated heterocycles. The SMILES string of the molecule is COC(C)(C)OCCOC(=O)O[C@@H]1C[C@H](C)CC[C@H]1C(C)C. The molecule has 0 spiro atoms. The minimum absolute atomic E-state index is 0.0346. The number of rotatable bonds is 7. The predicted molar refractivity (Wildman–Crippen MR) is 84.6 cm³/mol. The van der Waals surface area contributed by atoms with Gasteiger partial charge in [-0.1, -0.05) is 27.2 Å². The van der Waals surface area contributed by atoms with Crippen molar-refractivity contribution < 1.29 is 23.7 Å². The molecule has 0 aromatic rings. The molecule has 1 rings (SSSR count). The lowest BCUT2D eigenvalue weighted by atomic mass is 9.75. The molecule has 0 N–H and O–H groups in total. The van der Waals surface area contributed by atoms with Gasteiger partial charge in [-0.2, -0.15) is 0 Å². The van der Waals surface area contributed by atoms with Gasteiger partial charge in [-0.25, -0.2) is 4.79 Å². The van der Waals surface area contributed by atoms with Crippen molar-refractivity contribution in [2.24, 2.45) is 17.8 Å². The molecule has 22 heavy (non-hydrogen) atoms. The Labute approximate surface area is 134 Å². The van der Waals surface area contributed by atoms with Crippen molar-refractivity contribution in [3.05, 3.63) is 0 Å². The van der Waals surface area contributed by atoms with Crippen LogP contribution in [0.15, 0.2) is 0 Å². The van der Waals surface area contributed by atoms with E-state index in [1.165, 1.54) is 6.42 Å². The smallest absolute Gasteiger partial charge is 0.432 e. The van der Waals surface area contributed by atoms with E-state index in [1.54, 1.807) is 7.11 Å². The maximum Gasteiger partial charge on any atom is 0.508 e. The predicted octanol–water partition coefficient (Wildman–Crippen LogP) is 4.00. The molecule has 0 aromatic carbocycles. The fourth-order valence-corrected chi connectivity index (χ4v) is 2.88. The summed E-state index contributed by atoms with van der Waals surface area (Å²) < 4.78 is 21.2. The topological polar surface area (TPSA) is 54.0 Å². The highest BCUT2D eigenvalue weighted by molar-refractivity contribution is 5.60. The molecule has 0 heterocycles. The summed E-state index contributed by atoms with van der Waals surface area (Å²) >= 11 is 0. The van der Waals surface area contributed by atoms with E-state index in [0.29, 0.717) is 17.8 Å². The third-order valence-electron chi connectivity index (χ3n) is 4.45. The molecule has 1 aliphatic carbocycles. The van der Waals surface area contributed by atoms with Gasteiger partial charge in [-0.15, -0.1) is 0 Å². The van der Waals surface area contributed by atoms with E-state index in [4.69, 9.17) is 18.9 Å². The number of ether oxygens (including phenoxy) is 4. The zero-order valence-corrected chi connectivity index (χ0v) is 14.9. The van der Waals surface area contributed by atoms with E-state index in [1.807, 2.05) is 13.8 Å². The fourth-order valence-electron chi connectivity index (χ4n) is 2.88. The molecule has 0 amide bonds. The minimum atomic E-state index is -0.672. The monoisotopic (exact) mass is 316 g/mol. The second-order valence-electron chi connectivity index (χ2n) is 7.03. The molecule has 0 aliphatic heterocycles. The summed E-state index contributed by atoms with van der Waals surface area (Å²) in [4.78, 5) is 11.8. The van der Waals surface area contributed by atoms with Crippen LogP contribution in [0.2, 0.25) is 0 Å². The van der Waals surface area contributed by atoms with E-state index in [0.717, 1.165) is 12.8 Å². The summed E-state index contributed by atoms with van der Waals surface area (Å²) in [6, 6.07) is 0. The average molecular weight is 316 g/mol. The number of carbonyl (C=O) groups is 1. The van der Waals surface area contributed by atoms with Gasteiger partial charge in [0.2, 0.25) is 0 Å². The molecule has 3 atom stereocenters. The fraction of sp³-hybridized carbons (Fsp3) is 0.941. The van der Waals surface area contributed by atoms with Crippen LogP contribution in [-0.2, 0) is 18.9 Å². The molecule has 1 saturated carbocycles. The largest absolute Gasteiger partial charge is 0.508 e. The third kappa shape index (κ3) is 6.53. The molecule has 0 aromatic heterocycles. The van der Waals surface area contributed by atoms with Gasteiger partial charge in [0, 0.05) is 7.11 Å². The molecule has 0 bridgehead atoms. The van der Waals surface area contributed by atoms with Crippen LogP contribution in [0.5, 0.6) is 0 Å². The van der Waals surface area contributed by atoms with Crippen molar-refractivity contribution in [2.45, 2.75) is 65.8 Å². The van der Waals surface area contributed by atoms with Crippen LogP contribution >= 0.6 is 0 Å². The Morgan fingerprint density at radius 2 is 1.91 bits per heavy atom. The van der Waals surface area contributed by atoms with Gasteiger partial charge in [-0.05, 0) is 44.4 Å². The summed E-state index contributed by atoms with van der Waals surface area (Å²) in [5.41, 5.74) is 0. The van der Waals surface area contributed by atoms with Gasteiger partial charge < -0.3 is 18.9 Å². The maximum atomic E-state index is 11.8. The van der Waals surface area contributed by atoms with Gasteiger partial charge in [0.15, 0.2) is 5.79 Å². The van der Waals surface area contributed by atoms with Crippen LogP contribution < -0.4 is 0 Å². The summed E-state index contributed by atoms with van der Waals surface area (Å²) in [6.45, 7) is 10.6. The van der Waals surface area contributed by atoms with Crippen LogP contribution in [0, 0.1) is 17.8 Å². The zero-order chi connectivity index (χ0) is 16.8. The van der Waals surface area contributed by atoms with Crippen molar-refractivity contribution in [3.63, 3.8) is 0 Å². The number of methoxy groups -OCH3 is 1. The lowest BCUT2D eigenvalue weighted by molar-refractivity contribution is -0.201. The van der Waals surface area contributed by atoms with Gasteiger partial charge in [-0.3, -0.25) is 0 Å². The first kappa shape index (κ1) is 19.2. The highest BCUT2D eigenvalue weighted by Crippen LogP contribution is 2.35. The van der Waals surface area contributed by atoms with Crippen LogP contribution in [0.3, 0.4) is 0 Å². The van der Waals surface area contributed by atoms with E-state index >= 15 is 0 Å². The van der Waals surface area contributed by atoms with Crippen LogP contribution in [0.25, 0.3) is 0 Å². The first-order chi connectivity index (χ1) is 10.2. The first-order valence-corrected chi connectivity index (χ1v) is 8.27. The van der Waals surface area contributed by atoms with Crippen molar-refractivity contribution in [2.75, 3.05) is 20.3 Å². The average Bonchev–Trinajstić information content (AvgIpc) is 2.43. The Hall–Kier alpha value is -0.810. The summed E-state index contributed by atoms with van der Waals surface area (Å²) in [7, 11) is 1.57. The Balaban J connectivity index is 2.33. The van der Waals surface area contributed by atoms with E-state index < -0.39 is 11.9 Å². The highest BCUT2D eigenvalue weighted by Gasteiger charge is 2.33. The molecule has 1 aliphatic rings. The van der Waals surface area contributed by atoms with Crippen molar-refractivity contribution in [3.8, 4) is 0 Å². The lowest BCUT2D eigenvalue weighted by Gasteiger charge is -2.36. The van der Waals surface area contributed by atoms with E-state index in [-0.39, 0.29) is 19.3 Å². The van der Waals surface area contributed by atoms with Crippen LogP contribution in [0.4, 0.5) is 4.79 Å². The third-order valence-corrected chi connectivity index (χ3v) is 4.45. The number of carbonyl (C=O) groups excluding carboxylic acids is 1. The van der Waals surface area contributed by atoms with Crippen LogP contribution in [0.1, 0.15) is 53.9 Å². The molecule has 1 fully saturated rings. The minimum Gasteiger partial charge on any atom is -0.432 e. The normalized spacial score (nSPS) is 26.0. The Kier molecular flexibility index (Phi) is 7.63. The second-order valence-corrected chi connectivity index (χ2v) is 7.03. The van der Waals surface area contributed by atoms with Gasteiger partial charge in [0.25, 0.3) is 0 Å². The van der Waals surface area contributed by atoms with Crippen molar-refractivity contribution in [1.29, 1.82) is 0 Å². The number of hydrogen-bond acceptors (Lipinski definition) is 5. The Morgan fingerprint density at radius 1 is 1.23 bits per heavy atom. The van der Waals surface area contributed by atoms with Crippen molar-refractivity contribution >= 4 is 6.16 Å². The molecule has 130 valence electrons. The molecule has 0 unspecified atom stereocenters. The highest BCUT2D eigenvalue weighted by atomic mass is 16.7. The maximum absolute atomic E-state index is 11.8. The van der Waals surface area contributed by atoms with E-state index in [9.17, 15) is 4.79 Å². The number of hydrogen-bond donors (Lipinski definition) is 0. The van der Waals surface area contributed by atoms with Crippen LogP contribution in [-0.4, -0.2) is 38.4 Å². The summed E-state index contributed by atoms with van der Waals surface area (Å²) in [5.74, 6) is 0.858. The Bertz CT molecular complexity index is 340. The molecular weight excluding hydrogens is 284 g/mol. The Morgan fingerprint density at radius 3 is 2.50 bits per heavy atom. The van der Waals surface area contributed by atoms with E-state index in [2.05, 4.69) is 20.8 Å². The van der Waals surface area contributed by atoms with Gasteiger partial charge >= 0.3 is 6.16 Å². The zero-order valence-electron chi connectivity index (χ0n) is 14.9. The first-order valence-electron chi connectivity index (χ1n) is 8.27. The van der Waals surface area contributed by atoms with Gasteiger partial charge in [0.1, 0.15) is 12.7 Å². The summed E-state index contributed by atoms with van der Waals surface area (Å²) in [5, 5.41) is 0. The van der Waals surface area contributed by atoms with Gasteiger partial charge in [0.05, 0.1) is 6.61 Å². The quantitative estimate of drug-likeness (QED) is 0.404. The standard InChI is InChI=1S/C17H32O5/c1-12(2)14-8-7-13(3)11-15(14)22-16(18)20-9-10-21-17(4,5)19-6/h12-15H,7-11H2,1-6H3/t13-,14+,15-/m1/s1. The second kappa shape index (κ2) is 8.73. The summed E-state index contributed by atoms with van der Waals surface area (Å²) in [6.07, 6.45) is 2.61. The lowest BCUT2D eigenvalue weighted by Crippen LogP contribution is -2.36.